The van der Waals surface area contributed by atoms with Crippen LogP contribution in [0.4, 0.5) is 17.1 Å². The molecule has 0 radical (unpaired) electrons. The van der Waals surface area contributed by atoms with E-state index in [1.165, 1.54) is 98.1 Å². The summed E-state index contributed by atoms with van der Waals surface area (Å²) in [5, 5.41) is 0. The summed E-state index contributed by atoms with van der Waals surface area (Å²) in [5.41, 5.74) is 19.4. The Morgan fingerprint density at radius 3 is 1.86 bits per heavy atom. The largest absolute Gasteiger partial charge is 0.310 e. The maximum Gasteiger partial charge on any atom is 0.0540 e. The van der Waals surface area contributed by atoms with Crippen molar-refractivity contribution in [3.8, 4) is 44.5 Å². The smallest absolute Gasteiger partial charge is 0.0540 e. The molecule has 50 heavy (non-hydrogen) atoms. The molecule has 0 bridgehead atoms. The van der Waals surface area contributed by atoms with Crippen LogP contribution in [0, 0.1) is 0 Å². The van der Waals surface area contributed by atoms with E-state index in [-0.39, 0.29) is 5.41 Å². The van der Waals surface area contributed by atoms with Gasteiger partial charge >= 0.3 is 0 Å². The van der Waals surface area contributed by atoms with Crippen LogP contribution in [0.2, 0.25) is 0 Å². The van der Waals surface area contributed by atoms with Crippen molar-refractivity contribution in [1.82, 2.24) is 0 Å². The standard InChI is InChI=1S/C49H41N/c1-49(2)45-22-13-21-43(36-15-5-3-6-16-36)48(45)44-31-30-41(33-46(44)49)50(40-18-7-4-8-19-40)47-23-12-11-20-42(47)37-27-24-35(25-28-37)39-29-26-34-14-9-10-17-38(34)32-39/h3-8,11-13,15-16,18-33H,9-10,14,17H2,1-2H3. The average molecular weight is 644 g/mol. The predicted octanol–water partition coefficient (Wildman–Crippen LogP) is 13.3. The quantitative estimate of drug-likeness (QED) is 0.174. The Morgan fingerprint density at radius 1 is 0.420 bits per heavy atom. The lowest BCUT2D eigenvalue weighted by atomic mass is 9.81. The van der Waals surface area contributed by atoms with Gasteiger partial charge in [0, 0.05) is 22.4 Å². The van der Waals surface area contributed by atoms with Crippen molar-refractivity contribution in [2.24, 2.45) is 0 Å². The molecule has 0 aliphatic heterocycles. The summed E-state index contributed by atoms with van der Waals surface area (Å²) in [4.78, 5) is 2.43. The summed E-state index contributed by atoms with van der Waals surface area (Å²) in [5.74, 6) is 0. The van der Waals surface area contributed by atoms with Crippen LogP contribution in [0.25, 0.3) is 44.5 Å². The lowest BCUT2D eigenvalue weighted by Crippen LogP contribution is -2.17. The monoisotopic (exact) mass is 643 g/mol. The second kappa shape index (κ2) is 12.3. The van der Waals surface area contributed by atoms with Crippen LogP contribution in [-0.2, 0) is 18.3 Å². The van der Waals surface area contributed by atoms with Gasteiger partial charge in [0.05, 0.1) is 5.69 Å². The third-order valence-electron chi connectivity index (χ3n) is 11.1. The van der Waals surface area contributed by atoms with Crippen LogP contribution in [0.3, 0.4) is 0 Å². The Labute approximate surface area is 296 Å². The van der Waals surface area contributed by atoms with Crippen molar-refractivity contribution in [2.75, 3.05) is 4.90 Å². The highest BCUT2D eigenvalue weighted by Crippen LogP contribution is 2.54. The van der Waals surface area contributed by atoms with Crippen molar-refractivity contribution in [3.63, 3.8) is 0 Å². The SMILES string of the molecule is CC1(C)c2cc(N(c3ccccc3)c3ccccc3-c3ccc(-c4ccc5c(c4)CCCC5)cc3)ccc2-c2c(-c3ccccc3)cccc21. The summed E-state index contributed by atoms with van der Waals surface area (Å²) in [6.07, 6.45) is 5.02. The number of hydrogen-bond acceptors (Lipinski definition) is 1. The van der Waals surface area contributed by atoms with Crippen LogP contribution in [0.5, 0.6) is 0 Å². The second-order valence-electron chi connectivity index (χ2n) is 14.4. The molecule has 7 aromatic carbocycles. The number of hydrogen-bond donors (Lipinski definition) is 0. The first kappa shape index (κ1) is 30.4. The first-order chi connectivity index (χ1) is 24.6. The zero-order valence-electron chi connectivity index (χ0n) is 28.9. The number of nitrogens with zero attached hydrogens (tertiary/aromatic N) is 1. The molecule has 0 aromatic heterocycles. The lowest BCUT2D eigenvalue weighted by Gasteiger charge is -2.29. The van der Waals surface area contributed by atoms with E-state index in [1.807, 2.05) is 0 Å². The molecule has 0 heterocycles. The maximum atomic E-state index is 2.44. The van der Waals surface area contributed by atoms with Gasteiger partial charge in [-0.3, -0.25) is 0 Å². The molecule has 1 nitrogen and oxygen atoms in total. The van der Waals surface area contributed by atoms with Crippen LogP contribution in [0.1, 0.15) is 48.9 Å². The van der Waals surface area contributed by atoms with E-state index in [1.54, 1.807) is 0 Å². The summed E-state index contributed by atoms with van der Waals surface area (Å²) >= 11 is 0. The molecule has 0 saturated heterocycles. The molecular formula is C49H41N. The molecule has 2 aliphatic rings. The van der Waals surface area contributed by atoms with E-state index < -0.39 is 0 Å². The van der Waals surface area contributed by atoms with Crippen molar-refractivity contribution >= 4 is 17.1 Å². The van der Waals surface area contributed by atoms with E-state index in [9.17, 15) is 0 Å². The topological polar surface area (TPSA) is 3.24 Å². The molecule has 0 saturated carbocycles. The van der Waals surface area contributed by atoms with Gasteiger partial charge in [-0.15, -0.1) is 0 Å². The fourth-order valence-electron chi connectivity index (χ4n) is 8.45. The summed E-state index contributed by atoms with van der Waals surface area (Å²) in [6.45, 7) is 4.75. The van der Waals surface area contributed by atoms with Gasteiger partial charge in [0.25, 0.3) is 0 Å². The predicted molar refractivity (Wildman–Crippen MR) is 212 cm³/mol. The Morgan fingerprint density at radius 2 is 1.06 bits per heavy atom. The normalized spacial score (nSPS) is 14.0. The van der Waals surface area contributed by atoms with Gasteiger partial charge in [-0.05, 0) is 117 Å². The van der Waals surface area contributed by atoms with Gasteiger partial charge in [-0.25, -0.2) is 0 Å². The number of aryl methyl sites for hydroxylation is 2. The molecule has 0 unspecified atom stereocenters. The molecule has 0 amide bonds. The third kappa shape index (κ3) is 5.17. The van der Waals surface area contributed by atoms with Gasteiger partial charge in [-0.2, -0.15) is 0 Å². The number of fused-ring (bicyclic) bond motifs is 4. The van der Waals surface area contributed by atoms with E-state index in [0.717, 1.165) is 11.4 Å². The molecule has 242 valence electrons. The molecule has 1 heteroatoms. The van der Waals surface area contributed by atoms with E-state index in [2.05, 4.69) is 183 Å². The molecule has 7 aromatic rings. The van der Waals surface area contributed by atoms with Crippen LogP contribution < -0.4 is 4.90 Å². The Balaban J connectivity index is 1.14. The minimum absolute atomic E-state index is 0.139. The number of para-hydroxylation sites is 2. The summed E-state index contributed by atoms with van der Waals surface area (Å²) in [6, 6.07) is 60.7. The van der Waals surface area contributed by atoms with Crippen molar-refractivity contribution in [2.45, 2.75) is 44.9 Å². The summed E-state index contributed by atoms with van der Waals surface area (Å²) < 4.78 is 0. The van der Waals surface area contributed by atoms with Gasteiger partial charge < -0.3 is 4.90 Å². The Kier molecular flexibility index (Phi) is 7.50. The molecule has 0 atom stereocenters. The van der Waals surface area contributed by atoms with Gasteiger partial charge in [0.1, 0.15) is 0 Å². The fourth-order valence-corrected chi connectivity index (χ4v) is 8.45. The minimum Gasteiger partial charge on any atom is -0.310 e. The minimum atomic E-state index is -0.139. The van der Waals surface area contributed by atoms with E-state index in [4.69, 9.17) is 0 Å². The average Bonchev–Trinajstić information content (AvgIpc) is 3.41. The van der Waals surface area contributed by atoms with Crippen LogP contribution >= 0.6 is 0 Å². The highest BCUT2D eigenvalue weighted by atomic mass is 15.1. The molecule has 0 spiro atoms. The maximum absolute atomic E-state index is 2.44. The van der Waals surface area contributed by atoms with E-state index >= 15 is 0 Å². The highest BCUT2D eigenvalue weighted by Gasteiger charge is 2.37. The first-order valence-corrected chi connectivity index (χ1v) is 18.1. The third-order valence-corrected chi connectivity index (χ3v) is 11.1. The number of anilines is 3. The number of rotatable bonds is 6. The van der Waals surface area contributed by atoms with Gasteiger partial charge in [0.2, 0.25) is 0 Å². The van der Waals surface area contributed by atoms with Gasteiger partial charge in [-0.1, -0.05) is 147 Å². The van der Waals surface area contributed by atoms with Crippen molar-refractivity contribution in [1.29, 1.82) is 0 Å². The molecule has 0 fully saturated rings. The summed E-state index contributed by atoms with van der Waals surface area (Å²) in [7, 11) is 0. The fraction of sp³-hybridized carbons (Fsp3) is 0.143. The molecule has 2 aliphatic carbocycles. The van der Waals surface area contributed by atoms with E-state index in [0.29, 0.717) is 0 Å². The molecule has 9 rings (SSSR count). The zero-order valence-corrected chi connectivity index (χ0v) is 28.9. The van der Waals surface area contributed by atoms with Crippen molar-refractivity contribution in [3.05, 3.63) is 186 Å². The first-order valence-electron chi connectivity index (χ1n) is 18.1. The Hall–Kier alpha value is -5.66. The second-order valence-corrected chi connectivity index (χ2v) is 14.4. The van der Waals surface area contributed by atoms with Crippen LogP contribution in [-0.4, -0.2) is 0 Å². The highest BCUT2D eigenvalue weighted by molar-refractivity contribution is 5.95. The zero-order chi connectivity index (χ0) is 33.7. The van der Waals surface area contributed by atoms with Crippen LogP contribution in [0.15, 0.2) is 164 Å². The Bertz CT molecular complexity index is 2330. The molecule has 0 N–H and O–H groups in total. The van der Waals surface area contributed by atoms with Crippen molar-refractivity contribution < 1.29 is 0 Å². The number of benzene rings is 7. The van der Waals surface area contributed by atoms with Gasteiger partial charge in [0.15, 0.2) is 0 Å². The molecular weight excluding hydrogens is 603 g/mol. The lowest BCUT2D eigenvalue weighted by molar-refractivity contribution is 0.660.